The second-order valence-electron chi connectivity index (χ2n) is 6.26. The van der Waals surface area contributed by atoms with Gasteiger partial charge in [0.1, 0.15) is 5.37 Å². The van der Waals surface area contributed by atoms with E-state index in [2.05, 4.69) is 26.0 Å². The smallest absolute Gasteiger partial charge is 0.238 e. The van der Waals surface area contributed by atoms with Gasteiger partial charge in [0.25, 0.3) is 0 Å². The van der Waals surface area contributed by atoms with E-state index in [1.807, 2.05) is 35.2 Å². The molecule has 2 aromatic rings. The van der Waals surface area contributed by atoms with Gasteiger partial charge in [0.15, 0.2) is 11.5 Å². The van der Waals surface area contributed by atoms with Gasteiger partial charge in [-0.2, -0.15) is 0 Å². The Morgan fingerprint density at radius 1 is 1.08 bits per heavy atom. The Morgan fingerprint density at radius 2 is 1.80 bits per heavy atom. The van der Waals surface area contributed by atoms with Crippen LogP contribution in [0, 0.1) is 0 Å². The second kappa shape index (κ2) is 7.40. The fraction of sp³-hybridized carbons (Fsp3) is 0.350. The molecule has 1 saturated heterocycles. The van der Waals surface area contributed by atoms with Crippen LogP contribution < -0.4 is 14.4 Å². The third kappa shape index (κ3) is 3.33. The van der Waals surface area contributed by atoms with Crippen molar-refractivity contribution in [3.05, 3.63) is 53.6 Å². The first-order chi connectivity index (χ1) is 12.1. The van der Waals surface area contributed by atoms with Crippen LogP contribution in [-0.4, -0.2) is 25.9 Å². The van der Waals surface area contributed by atoms with E-state index in [0.29, 0.717) is 23.2 Å². The van der Waals surface area contributed by atoms with Gasteiger partial charge >= 0.3 is 0 Å². The number of amides is 1. The summed E-state index contributed by atoms with van der Waals surface area (Å²) >= 11 is 1.61. The van der Waals surface area contributed by atoms with Crippen LogP contribution in [0.3, 0.4) is 0 Å². The molecule has 0 saturated carbocycles. The lowest BCUT2D eigenvalue weighted by molar-refractivity contribution is -0.115. The van der Waals surface area contributed by atoms with E-state index in [4.69, 9.17) is 9.47 Å². The van der Waals surface area contributed by atoms with Crippen LogP contribution in [0.2, 0.25) is 0 Å². The SMILES string of the molecule is COc1cccc([C@@H]2SCC(=O)N2c2ccc(C(C)C)cc2)c1OC. The van der Waals surface area contributed by atoms with Crippen molar-refractivity contribution in [3.8, 4) is 11.5 Å². The molecule has 25 heavy (non-hydrogen) atoms. The molecule has 0 aliphatic carbocycles. The Labute approximate surface area is 153 Å². The van der Waals surface area contributed by atoms with Gasteiger partial charge in [-0.25, -0.2) is 0 Å². The molecule has 0 N–H and O–H groups in total. The zero-order valence-corrected chi connectivity index (χ0v) is 15.8. The van der Waals surface area contributed by atoms with E-state index in [-0.39, 0.29) is 11.3 Å². The van der Waals surface area contributed by atoms with Crippen molar-refractivity contribution in [3.63, 3.8) is 0 Å². The van der Waals surface area contributed by atoms with Crippen molar-refractivity contribution in [2.24, 2.45) is 0 Å². The lowest BCUT2D eigenvalue weighted by Gasteiger charge is -2.26. The Kier molecular flexibility index (Phi) is 5.23. The van der Waals surface area contributed by atoms with Gasteiger partial charge in [-0.15, -0.1) is 11.8 Å². The molecule has 4 nitrogen and oxygen atoms in total. The van der Waals surface area contributed by atoms with E-state index in [0.717, 1.165) is 11.3 Å². The number of carbonyl (C=O) groups is 1. The van der Waals surface area contributed by atoms with E-state index in [9.17, 15) is 4.79 Å². The number of carbonyl (C=O) groups excluding carboxylic acids is 1. The fourth-order valence-corrected chi connectivity index (χ4v) is 4.25. The topological polar surface area (TPSA) is 38.8 Å². The molecule has 0 radical (unpaired) electrons. The van der Waals surface area contributed by atoms with Gasteiger partial charge in [0.2, 0.25) is 5.91 Å². The fourth-order valence-electron chi connectivity index (χ4n) is 3.06. The van der Waals surface area contributed by atoms with Crippen molar-refractivity contribution in [2.75, 3.05) is 24.9 Å². The Balaban J connectivity index is 2.00. The maximum Gasteiger partial charge on any atom is 0.238 e. The number of para-hydroxylation sites is 1. The highest BCUT2D eigenvalue weighted by molar-refractivity contribution is 8.00. The normalized spacial score (nSPS) is 17.2. The molecule has 1 fully saturated rings. The second-order valence-corrected chi connectivity index (χ2v) is 7.32. The summed E-state index contributed by atoms with van der Waals surface area (Å²) in [6, 6.07) is 14.0. The molecule has 1 atom stereocenters. The van der Waals surface area contributed by atoms with Crippen LogP contribution >= 0.6 is 11.8 Å². The summed E-state index contributed by atoms with van der Waals surface area (Å²) in [5.41, 5.74) is 3.12. The summed E-state index contributed by atoms with van der Waals surface area (Å²) < 4.78 is 11.0. The van der Waals surface area contributed by atoms with Crippen molar-refractivity contribution in [1.29, 1.82) is 0 Å². The van der Waals surface area contributed by atoms with Crippen LogP contribution in [-0.2, 0) is 4.79 Å². The minimum absolute atomic E-state index is 0.108. The lowest BCUT2D eigenvalue weighted by atomic mass is 10.0. The van der Waals surface area contributed by atoms with Gasteiger partial charge in [-0.3, -0.25) is 9.69 Å². The number of anilines is 1. The van der Waals surface area contributed by atoms with Gasteiger partial charge in [-0.05, 0) is 29.7 Å². The minimum atomic E-state index is -0.123. The number of hydrogen-bond acceptors (Lipinski definition) is 4. The van der Waals surface area contributed by atoms with Crippen LogP contribution in [0.15, 0.2) is 42.5 Å². The van der Waals surface area contributed by atoms with Crippen molar-refractivity contribution < 1.29 is 14.3 Å². The van der Waals surface area contributed by atoms with Gasteiger partial charge < -0.3 is 9.47 Å². The highest BCUT2D eigenvalue weighted by Gasteiger charge is 2.36. The molecular weight excluding hydrogens is 334 g/mol. The molecule has 1 aliphatic heterocycles. The van der Waals surface area contributed by atoms with Crippen molar-refractivity contribution in [1.82, 2.24) is 0 Å². The van der Waals surface area contributed by atoms with Crippen LogP contribution in [0.5, 0.6) is 11.5 Å². The van der Waals surface area contributed by atoms with E-state index < -0.39 is 0 Å². The average Bonchev–Trinajstić information content (AvgIpc) is 3.02. The number of nitrogens with zero attached hydrogens (tertiary/aromatic N) is 1. The molecule has 1 heterocycles. The zero-order chi connectivity index (χ0) is 18.0. The zero-order valence-electron chi connectivity index (χ0n) is 15.0. The number of benzene rings is 2. The summed E-state index contributed by atoms with van der Waals surface area (Å²) in [5, 5.41) is -0.123. The molecule has 0 unspecified atom stereocenters. The molecule has 0 aromatic heterocycles. The largest absolute Gasteiger partial charge is 0.493 e. The molecule has 1 amide bonds. The molecule has 0 bridgehead atoms. The maximum atomic E-state index is 12.6. The van der Waals surface area contributed by atoms with E-state index >= 15 is 0 Å². The molecule has 5 heteroatoms. The number of thioether (sulfide) groups is 1. The summed E-state index contributed by atoms with van der Waals surface area (Å²) in [4.78, 5) is 14.4. The Hall–Kier alpha value is -2.14. The minimum Gasteiger partial charge on any atom is -0.493 e. The van der Waals surface area contributed by atoms with Gasteiger partial charge in [-0.1, -0.05) is 38.1 Å². The molecular formula is C20H23NO3S. The first kappa shape index (κ1) is 17.7. The predicted molar refractivity (Wildman–Crippen MR) is 103 cm³/mol. The lowest BCUT2D eigenvalue weighted by Crippen LogP contribution is -2.28. The molecule has 132 valence electrons. The van der Waals surface area contributed by atoms with Crippen molar-refractivity contribution >= 4 is 23.4 Å². The highest BCUT2D eigenvalue weighted by atomic mass is 32.2. The molecule has 1 aliphatic rings. The Morgan fingerprint density at radius 3 is 2.40 bits per heavy atom. The monoisotopic (exact) mass is 357 g/mol. The molecule has 0 spiro atoms. The van der Waals surface area contributed by atoms with Crippen LogP contribution in [0.25, 0.3) is 0 Å². The number of rotatable bonds is 5. The van der Waals surface area contributed by atoms with Gasteiger partial charge in [0.05, 0.1) is 20.0 Å². The summed E-state index contributed by atoms with van der Waals surface area (Å²) in [7, 11) is 3.25. The third-order valence-corrected chi connectivity index (χ3v) is 5.60. The quantitative estimate of drug-likeness (QED) is 0.783. The third-order valence-electron chi connectivity index (χ3n) is 4.41. The number of methoxy groups -OCH3 is 2. The molecule has 2 aromatic carbocycles. The highest BCUT2D eigenvalue weighted by Crippen LogP contribution is 2.47. The predicted octanol–water partition coefficient (Wildman–Crippen LogP) is 4.61. The first-order valence-corrected chi connectivity index (χ1v) is 9.36. The van der Waals surface area contributed by atoms with Crippen molar-refractivity contribution in [2.45, 2.75) is 25.1 Å². The van der Waals surface area contributed by atoms with Crippen LogP contribution in [0.4, 0.5) is 5.69 Å². The summed E-state index contributed by atoms with van der Waals surface area (Å²) in [6.45, 7) is 4.32. The van der Waals surface area contributed by atoms with Crippen LogP contribution in [0.1, 0.15) is 36.3 Å². The number of ether oxygens (including phenoxy) is 2. The Bertz CT molecular complexity index is 758. The first-order valence-electron chi connectivity index (χ1n) is 8.31. The van der Waals surface area contributed by atoms with E-state index in [1.165, 1.54) is 5.56 Å². The standard InChI is InChI=1S/C20H23NO3S/c1-13(2)14-8-10-15(11-9-14)21-18(22)12-25-20(21)16-6-5-7-17(23-3)19(16)24-4/h5-11,13,20H,12H2,1-4H3/t20-/m0/s1. The maximum absolute atomic E-state index is 12.6. The van der Waals surface area contributed by atoms with Gasteiger partial charge in [0, 0.05) is 11.3 Å². The average molecular weight is 357 g/mol. The summed E-state index contributed by atoms with van der Waals surface area (Å²) in [5.74, 6) is 2.39. The molecule has 3 rings (SSSR count). The number of hydrogen-bond donors (Lipinski definition) is 0. The summed E-state index contributed by atoms with van der Waals surface area (Å²) in [6.07, 6.45) is 0. The van der Waals surface area contributed by atoms with E-state index in [1.54, 1.807) is 26.0 Å².